The number of amides is 1. The molecule has 0 spiro atoms. The lowest BCUT2D eigenvalue weighted by Crippen LogP contribution is -2.29. The van der Waals surface area contributed by atoms with Crippen LogP contribution in [-0.4, -0.2) is 29.4 Å². The molecule has 5 heteroatoms. The Morgan fingerprint density at radius 1 is 1.42 bits per heavy atom. The van der Waals surface area contributed by atoms with Gasteiger partial charge in [-0.3, -0.25) is 9.69 Å². The summed E-state index contributed by atoms with van der Waals surface area (Å²) in [6, 6.07) is 7.83. The van der Waals surface area contributed by atoms with Crippen molar-refractivity contribution in [2.24, 2.45) is 0 Å². The fourth-order valence-electron chi connectivity index (χ4n) is 1.69. The summed E-state index contributed by atoms with van der Waals surface area (Å²) in [5, 5.41) is 4.83. The number of anilines is 1. The van der Waals surface area contributed by atoms with Gasteiger partial charge in [0.2, 0.25) is 5.91 Å². The lowest BCUT2D eigenvalue weighted by Gasteiger charge is -2.15. The van der Waals surface area contributed by atoms with Crippen molar-refractivity contribution in [1.82, 2.24) is 9.88 Å². The quantitative estimate of drug-likeness (QED) is 0.912. The third-order valence-corrected chi connectivity index (χ3v) is 3.46. The molecule has 0 aromatic carbocycles. The number of hydrogen-bond acceptors (Lipinski definition) is 4. The van der Waals surface area contributed by atoms with Gasteiger partial charge in [-0.05, 0) is 37.0 Å². The SMILES string of the molecule is Cc1ccc(NC(=O)CN(C)Cc2cccs2)nc1. The van der Waals surface area contributed by atoms with Crippen LogP contribution < -0.4 is 5.32 Å². The zero-order chi connectivity index (χ0) is 13.7. The predicted octanol–water partition coefficient (Wildman–Crippen LogP) is 2.52. The largest absolute Gasteiger partial charge is 0.310 e. The monoisotopic (exact) mass is 275 g/mol. The average molecular weight is 275 g/mol. The Morgan fingerprint density at radius 3 is 2.89 bits per heavy atom. The van der Waals surface area contributed by atoms with Crippen molar-refractivity contribution >= 4 is 23.1 Å². The molecule has 2 rings (SSSR count). The van der Waals surface area contributed by atoms with Gasteiger partial charge in [0.15, 0.2) is 0 Å². The van der Waals surface area contributed by atoms with Crippen LogP contribution in [0.5, 0.6) is 0 Å². The minimum absolute atomic E-state index is 0.0459. The first-order valence-corrected chi connectivity index (χ1v) is 6.95. The van der Waals surface area contributed by atoms with Gasteiger partial charge in [0, 0.05) is 17.6 Å². The van der Waals surface area contributed by atoms with Gasteiger partial charge in [-0.25, -0.2) is 4.98 Å². The molecular formula is C14H17N3OS. The number of rotatable bonds is 5. The summed E-state index contributed by atoms with van der Waals surface area (Å²) in [6.45, 7) is 3.10. The van der Waals surface area contributed by atoms with Crippen LogP contribution in [0.1, 0.15) is 10.4 Å². The van der Waals surface area contributed by atoms with Gasteiger partial charge in [-0.1, -0.05) is 12.1 Å². The lowest BCUT2D eigenvalue weighted by atomic mass is 10.3. The molecule has 2 aromatic rings. The Bertz CT molecular complexity index is 522. The number of aryl methyl sites for hydroxylation is 1. The molecule has 0 aliphatic heterocycles. The van der Waals surface area contributed by atoms with E-state index in [1.54, 1.807) is 17.5 Å². The number of nitrogens with one attached hydrogen (secondary N) is 1. The van der Waals surface area contributed by atoms with E-state index in [1.165, 1.54) is 4.88 Å². The van der Waals surface area contributed by atoms with Crippen LogP contribution in [0.15, 0.2) is 35.8 Å². The number of pyridine rings is 1. The van der Waals surface area contributed by atoms with Crippen molar-refractivity contribution < 1.29 is 4.79 Å². The number of carbonyl (C=O) groups excluding carboxylic acids is 1. The zero-order valence-corrected chi connectivity index (χ0v) is 11.9. The Hall–Kier alpha value is -1.72. The van der Waals surface area contributed by atoms with E-state index < -0.39 is 0 Å². The third-order valence-electron chi connectivity index (χ3n) is 2.60. The van der Waals surface area contributed by atoms with Gasteiger partial charge in [0.25, 0.3) is 0 Å². The molecule has 0 aliphatic rings. The van der Waals surface area contributed by atoms with E-state index in [1.807, 2.05) is 42.5 Å². The van der Waals surface area contributed by atoms with E-state index in [2.05, 4.69) is 16.4 Å². The second-order valence-corrected chi connectivity index (χ2v) is 5.55. The molecule has 19 heavy (non-hydrogen) atoms. The standard InChI is InChI=1S/C14H17N3OS/c1-11-5-6-13(15-8-11)16-14(18)10-17(2)9-12-4-3-7-19-12/h3-8H,9-10H2,1-2H3,(H,15,16,18). The number of nitrogens with zero attached hydrogens (tertiary/aromatic N) is 2. The first-order chi connectivity index (χ1) is 9.13. The molecule has 0 fully saturated rings. The van der Waals surface area contributed by atoms with Gasteiger partial charge in [0.1, 0.15) is 5.82 Å². The maximum absolute atomic E-state index is 11.8. The summed E-state index contributed by atoms with van der Waals surface area (Å²) >= 11 is 1.70. The highest BCUT2D eigenvalue weighted by Gasteiger charge is 2.08. The van der Waals surface area contributed by atoms with Gasteiger partial charge < -0.3 is 5.32 Å². The summed E-state index contributed by atoms with van der Waals surface area (Å²) < 4.78 is 0. The molecule has 4 nitrogen and oxygen atoms in total. The Balaban J connectivity index is 1.82. The smallest absolute Gasteiger partial charge is 0.239 e. The van der Waals surface area contributed by atoms with E-state index >= 15 is 0 Å². The summed E-state index contributed by atoms with van der Waals surface area (Å²) in [4.78, 5) is 19.2. The van der Waals surface area contributed by atoms with Crippen LogP contribution in [0.25, 0.3) is 0 Å². The van der Waals surface area contributed by atoms with E-state index in [0.29, 0.717) is 12.4 Å². The Kier molecular flexibility index (Phi) is 4.65. The number of carbonyl (C=O) groups is 1. The molecule has 0 bridgehead atoms. The number of hydrogen-bond donors (Lipinski definition) is 1. The molecule has 0 atom stereocenters. The highest BCUT2D eigenvalue weighted by Crippen LogP contribution is 2.10. The molecule has 0 aliphatic carbocycles. The number of likely N-dealkylation sites (N-methyl/N-ethyl adjacent to an activating group) is 1. The average Bonchev–Trinajstić information content (AvgIpc) is 2.84. The van der Waals surface area contributed by atoms with Gasteiger partial charge in [0.05, 0.1) is 6.54 Å². The van der Waals surface area contributed by atoms with Gasteiger partial charge in [-0.15, -0.1) is 11.3 Å². The molecule has 2 heterocycles. The highest BCUT2D eigenvalue weighted by molar-refractivity contribution is 7.09. The Labute approximate surface area is 117 Å². The molecule has 1 N–H and O–H groups in total. The maximum Gasteiger partial charge on any atom is 0.239 e. The van der Waals surface area contributed by atoms with Crippen molar-refractivity contribution in [2.45, 2.75) is 13.5 Å². The first-order valence-electron chi connectivity index (χ1n) is 6.07. The van der Waals surface area contributed by atoms with E-state index in [9.17, 15) is 4.79 Å². The van der Waals surface area contributed by atoms with Crippen LogP contribution in [0.2, 0.25) is 0 Å². The van der Waals surface area contributed by atoms with Crippen molar-refractivity contribution in [3.63, 3.8) is 0 Å². The van der Waals surface area contributed by atoms with Crippen molar-refractivity contribution in [1.29, 1.82) is 0 Å². The summed E-state index contributed by atoms with van der Waals surface area (Å²) in [5.74, 6) is 0.551. The Morgan fingerprint density at radius 2 is 2.26 bits per heavy atom. The van der Waals surface area contributed by atoms with Gasteiger partial charge in [-0.2, -0.15) is 0 Å². The highest BCUT2D eigenvalue weighted by atomic mass is 32.1. The molecule has 100 valence electrons. The first kappa shape index (κ1) is 13.7. The van der Waals surface area contributed by atoms with E-state index in [4.69, 9.17) is 0 Å². The molecule has 0 saturated heterocycles. The van der Waals surface area contributed by atoms with Crippen molar-refractivity contribution in [2.75, 3.05) is 18.9 Å². The number of thiophene rings is 1. The maximum atomic E-state index is 11.8. The predicted molar refractivity (Wildman–Crippen MR) is 78.3 cm³/mol. The minimum Gasteiger partial charge on any atom is -0.310 e. The minimum atomic E-state index is -0.0459. The fraction of sp³-hybridized carbons (Fsp3) is 0.286. The van der Waals surface area contributed by atoms with E-state index in [0.717, 1.165) is 12.1 Å². The van der Waals surface area contributed by atoms with Crippen LogP contribution in [0, 0.1) is 6.92 Å². The summed E-state index contributed by atoms with van der Waals surface area (Å²) in [7, 11) is 1.93. The molecule has 0 saturated carbocycles. The van der Waals surface area contributed by atoms with Crippen LogP contribution >= 0.6 is 11.3 Å². The van der Waals surface area contributed by atoms with Crippen molar-refractivity contribution in [3.05, 3.63) is 46.3 Å². The summed E-state index contributed by atoms with van der Waals surface area (Å²) in [5.41, 5.74) is 1.08. The topological polar surface area (TPSA) is 45.2 Å². The molecule has 0 radical (unpaired) electrons. The lowest BCUT2D eigenvalue weighted by molar-refractivity contribution is -0.117. The van der Waals surface area contributed by atoms with Crippen LogP contribution in [0.3, 0.4) is 0 Å². The van der Waals surface area contributed by atoms with Crippen LogP contribution in [-0.2, 0) is 11.3 Å². The van der Waals surface area contributed by atoms with E-state index in [-0.39, 0.29) is 5.91 Å². The second-order valence-electron chi connectivity index (χ2n) is 4.52. The molecule has 0 unspecified atom stereocenters. The zero-order valence-electron chi connectivity index (χ0n) is 11.1. The molecule has 2 aromatic heterocycles. The normalized spacial score (nSPS) is 10.7. The van der Waals surface area contributed by atoms with Crippen molar-refractivity contribution in [3.8, 4) is 0 Å². The second kappa shape index (κ2) is 6.45. The molecule has 1 amide bonds. The van der Waals surface area contributed by atoms with Crippen LogP contribution in [0.4, 0.5) is 5.82 Å². The third kappa shape index (κ3) is 4.46. The summed E-state index contributed by atoms with van der Waals surface area (Å²) in [6.07, 6.45) is 1.74. The number of aromatic nitrogens is 1. The fourth-order valence-corrected chi connectivity index (χ4v) is 2.48. The molecular weight excluding hydrogens is 258 g/mol. The van der Waals surface area contributed by atoms with Gasteiger partial charge >= 0.3 is 0 Å².